The minimum Gasteiger partial charge on any atom is -0.285 e. The van der Waals surface area contributed by atoms with Gasteiger partial charge in [0.2, 0.25) is 11.6 Å². The number of nitrogens with one attached hydrogen (secondary N) is 1. The lowest BCUT2D eigenvalue weighted by Crippen LogP contribution is -2.08. The number of hydrogen-bond acceptors (Lipinski definition) is 7. The highest BCUT2D eigenvalue weighted by Gasteiger charge is 2.18. The van der Waals surface area contributed by atoms with Gasteiger partial charge in [0, 0.05) is 29.3 Å². The van der Waals surface area contributed by atoms with Crippen LogP contribution >= 0.6 is 0 Å². The minimum atomic E-state index is -0.172. The van der Waals surface area contributed by atoms with Crippen LogP contribution in [0.15, 0.2) is 72.9 Å². The number of hydrogen-bond donors (Lipinski definition) is 1. The largest absolute Gasteiger partial charge is 0.285 e. The standard InChI is InChI=1S/C26H24N8O/c1-2-3-13-23-28-26(24(35)19-9-5-4-6-10-19)31-34(23)17-18-14-15-22(27-16-18)20-11-7-8-12-21(20)25-29-32-33-30-25/h4-12,14-16H,2-3,13,17H2,1H3,(H,29,30,32,33). The summed E-state index contributed by atoms with van der Waals surface area (Å²) in [7, 11) is 0. The van der Waals surface area contributed by atoms with Gasteiger partial charge in [0.1, 0.15) is 5.82 Å². The monoisotopic (exact) mass is 464 g/mol. The van der Waals surface area contributed by atoms with E-state index in [1.807, 2.05) is 65.5 Å². The van der Waals surface area contributed by atoms with E-state index in [9.17, 15) is 4.79 Å². The van der Waals surface area contributed by atoms with Crippen LogP contribution < -0.4 is 0 Å². The third-order valence-electron chi connectivity index (χ3n) is 5.70. The van der Waals surface area contributed by atoms with Crippen molar-refractivity contribution in [1.82, 2.24) is 40.4 Å². The number of nitrogens with zero attached hydrogens (tertiary/aromatic N) is 7. The molecule has 0 saturated carbocycles. The van der Waals surface area contributed by atoms with Crippen molar-refractivity contribution in [1.29, 1.82) is 0 Å². The van der Waals surface area contributed by atoms with Crippen molar-refractivity contribution in [3.8, 4) is 22.6 Å². The van der Waals surface area contributed by atoms with Gasteiger partial charge in [-0.05, 0) is 28.5 Å². The lowest BCUT2D eigenvalue weighted by Gasteiger charge is -2.08. The van der Waals surface area contributed by atoms with Gasteiger partial charge in [0.25, 0.3) is 0 Å². The second kappa shape index (κ2) is 10.2. The number of aryl methyl sites for hydroxylation is 1. The van der Waals surface area contributed by atoms with E-state index in [0.717, 1.165) is 47.5 Å². The molecular weight excluding hydrogens is 440 g/mol. The van der Waals surface area contributed by atoms with Crippen molar-refractivity contribution < 1.29 is 4.79 Å². The van der Waals surface area contributed by atoms with Crippen molar-refractivity contribution in [2.45, 2.75) is 32.7 Å². The number of tetrazole rings is 1. The summed E-state index contributed by atoms with van der Waals surface area (Å²) in [5.41, 5.74) is 4.16. The molecule has 3 aromatic heterocycles. The molecule has 0 aliphatic carbocycles. The number of aromatic nitrogens is 8. The van der Waals surface area contributed by atoms with E-state index in [2.05, 4.69) is 42.6 Å². The Hall–Kier alpha value is -4.53. The molecule has 0 saturated heterocycles. The van der Waals surface area contributed by atoms with Crippen molar-refractivity contribution in [2.75, 3.05) is 0 Å². The number of rotatable bonds is 9. The lowest BCUT2D eigenvalue weighted by molar-refractivity contribution is 0.102. The zero-order valence-corrected chi connectivity index (χ0v) is 19.3. The summed E-state index contributed by atoms with van der Waals surface area (Å²) in [6.07, 6.45) is 4.59. The van der Waals surface area contributed by atoms with E-state index in [1.165, 1.54) is 0 Å². The van der Waals surface area contributed by atoms with Crippen molar-refractivity contribution in [2.24, 2.45) is 0 Å². The van der Waals surface area contributed by atoms with E-state index in [1.54, 1.807) is 12.1 Å². The van der Waals surface area contributed by atoms with E-state index in [4.69, 9.17) is 0 Å². The molecule has 0 fully saturated rings. The number of ketones is 1. The number of H-pyrrole nitrogens is 1. The Morgan fingerprint density at radius 3 is 2.49 bits per heavy atom. The minimum absolute atomic E-state index is 0.172. The Morgan fingerprint density at radius 2 is 1.77 bits per heavy atom. The van der Waals surface area contributed by atoms with Crippen LogP contribution in [0.4, 0.5) is 0 Å². The summed E-state index contributed by atoms with van der Waals surface area (Å²) >= 11 is 0. The molecule has 35 heavy (non-hydrogen) atoms. The Kier molecular flexibility index (Phi) is 6.47. The van der Waals surface area contributed by atoms with Crippen molar-refractivity contribution in [3.05, 3.63) is 95.7 Å². The number of unbranched alkanes of at least 4 members (excludes halogenated alkanes) is 1. The summed E-state index contributed by atoms with van der Waals surface area (Å²) in [4.78, 5) is 22.2. The summed E-state index contributed by atoms with van der Waals surface area (Å²) in [6.45, 7) is 2.61. The fourth-order valence-corrected chi connectivity index (χ4v) is 3.87. The Bertz CT molecular complexity index is 1410. The molecule has 5 rings (SSSR count). The van der Waals surface area contributed by atoms with Gasteiger partial charge in [0.05, 0.1) is 12.2 Å². The second-order valence-electron chi connectivity index (χ2n) is 8.16. The molecule has 2 aromatic carbocycles. The molecule has 0 spiro atoms. The average Bonchev–Trinajstić information content (AvgIpc) is 3.59. The molecule has 0 aliphatic rings. The number of carbonyl (C=O) groups is 1. The SMILES string of the molecule is CCCCc1nc(C(=O)c2ccccc2)nn1Cc1ccc(-c2ccccc2-c2nnn[nH]2)nc1. The van der Waals surface area contributed by atoms with Crippen molar-refractivity contribution >= 4 is 5.78 Å². The van der Waals surface area contributed by atoms with Gasteiger partial charge in [-0.15, -0.1) is 10.2 Å². The quantitative estimate of drug-likeness (QED) is 0.326. The average molecular weight is 465 g/mol. The first-order valence-corrected chi connectivity index (χ1v) is 11.5. The predicted octanol–water partition coefficient (Wildman–Crippen LogP) is 4.14. The van der Waals surface area contributed by atoms with Crippen LogP contribution in [0.5, 0.6) is 0 Å². The molecule has 0 unspecified atom stereocenters. The number of pyridine rings is 1. The maximum absolute atomic E-state index is 12.9. The molecule has 5 aromatic rings. The number of benzene rings is 2. The summed E-state index contributed by atoms with van der Waals surface area (Å²) < 4.78 is 1.82. The number of aromatic amines is 1. The molecule has 0 aliphatic heterocycles. The van der Waals surface area contributed by atoms with Gasteiger partial charge in [-0.25, -0.2) is 14.8 Å². The van der Waals surface area contributed by atoms with Gasteiger partial charge in [-0.2, -0.15) is 0 Å². The zero-order valence-electron chi connectivity index (χ0n) is 19.3. The van der Waals surface area contributed by atoms with Crippen LogP contribution in [-0.2, 0) is 13.0 Å². The van der Waals surface area contributed by atoms with Crippen LogP contribution in [0.2, 0.25) is 0 Å². The van der Waals surface area contributed by atoms with Crippen LogP contribution in [0, 0.1) is 0 Å². The highest BCUT2D eigenvalue weighted by atomic mass is 16.1. The normalized spacial score (nSPS) is 11.0. The summed E-state index contributed by atoms with van der Waals surface area (Å²) in [6, 6.07) is 20.9. The van der Waals surface area contributed by atoms with Gasteiger partial charge in [0.15, 0.2) is 5.82 Å². The summed E-state index contributed by atoms with van der Waals surface area (Å²) in [5.74, 6) is 1.44. The maximum Gasteiger partial charge on any atom is 0.232 e. The van der Waals surface area contributed by atoms with Gasteiger partial charge < -0.3 is 0 Å². The molecule has 3 heterocycles. The molecule has 1 N–H and O–H groups in total. The highest BCUT2D eigenvalue weighted by molar-refractivity contribution is 6.06. The molecule has 174 valence electrons. The van der Waals surface area contributed by atoms with E-state index >= 15 is 0 Å². The smallest absolute Gasteiger partial charge is 0.232 e. The third kappa shape index (κ3) is 4.89. The Labute approximate surface area is 202 Å². The highest BCUT2D eigenvalue weighted by Crippen LogP contribution is 2.28. The first kappa shape index (κ1) is 22.3. The third-order valence-corrected chi connectivity index (χ3v) is 5.70. The lowest BCUT2D eigenvalue weighted by atomic mass is 10.0. The molecule has 0 bridgehead atoms. The zero-order chi connectivity index (χ0) is 24.0. The first-order valence-electron chi connectivity index (χ1n) is 11.5. The van der Waals surface area contributed by atoms with E-state index in [-0.39, 0.29) is 11.6 Å². The molecule has 9 heteroatoms. The van der Waals surface area contributed by atoms with Crippen molar-refractivity contribution in [3.63, 3.8) is 0 Å². The maximum atomic E-state index is 12.9. The fraction of sp³-hybridized carbons (Fsp3) is 0.192. The predicted molar refractivity (Wildman–Crippen MR) is 130 cm³/mol. The topological polar surface area (TPSA) is 115 Å². The molecule has 0 atom stereocenters. The van der Waals surface area contributed by atoms with Crippen LogP contribution in [0.25, 0.3) is 22.6 Å². The van der Waals surface area contributed by atoms with Gasteiger partial charge in [-0.1, -0.05) is 74.0 Å². The first-order chi connectivity index (χ1) is 17.2. The van der Waals surface area contributed by atoms with Gasteiger partial charge >= 0.3 is 0 Å². The van der Waals surface area contributed by atoms with Crippen LogP contribution in [0.1, 0.15) is 47.3 Å². The summed E-state index contributed by atoms with van der Waals surface area (Å²) in [5, 5.41) is 18.8. The van der Waals surface area contributed by atoms with Gasteiger partial charge in [-0.3, -0.25) is 9.78 Å². The van der Waals surface area contributed by atoms with E-state index < -0.39 is 0 Å². The molecule has 0 amide bonds. The fourth-order valence-electron chi connectivity index (χ4n) is 3.87. The van der Waals surface area contributed by atoms with Crippen LogP contribution in [-0.4, -0.2) is 46.2 Å². The molecule has 9 nitrogen and oxygen atoms in total. The van der Waals surface area contributed by atoms with E-state index in [0.29, 0.717) is 17.9 Å². The molecule has 0 radical (unpaired) electrons. The Balaban J connectivity index is 1.41. The second-order valence-corrected chi connectivity index (χ2v) is 8.16. The number of carbonyl (C=O) groups excluding carboxylic acids is 1. The van der Waals surface area contributed by atoms with Crippen LogP contribution in [0.3, 0.4) is 0 Å². The molecular formula is C26H24N8O. The Morgan fingerprint density at radius 1 is 0.971 bits per heavy atom.